The van der Waals surface area contributed by atoms with Crippen LogP contribution in [0.5, 0.6) is 0 Å². The summed E-state index contributed by atoms with van der Waals surface area (Å²) in [7, 11) is 0. The Kier molecular flexibility index (Phi) is 5.51. The standard InChI is InChI=1S/C20H17Cl3N2OS/c21-12-4-6-14-17(10-12)27-19(18(14)23)20(26)24-13-5-7-16(15(22)11-13)25-8-2-1-3-9-25/h4-7,10-11H,1-3,8-9H2,(H,24,26). The van der Waals surface area contributed by atoms with E-state index in [9.17, 15) is 4.79 Å². The fourth-order valence-corrected chi connectivity index (χ4v) is 5.34. The number of amides is 1. The molecular formula is C20H17Cl3N2OS. The number of carbonyl (C=O) groups excluding carboxylic acids is 1. The first kappa shape index (κ1) is 18.9. The normalized spacial score (nSPS) is 14.6. The van der Waals surface area contributed by atoms with E-state index in [-0.39, 0.29) is 5.91 Å². The Hall–Kier alpha value is -1.46. The van der Waals surface area contributed by atoms with Crippen LogP contribution in [0.15, 0.2) is 36.4 Å². The average molecular weight is 440 g/mol. The Bertz CT molecular complexity index is 1010. The van der Waals surface area contributed by atoms with Crippen molar-refractivity contribution in [3.63, 3.8) is 0 Å². The Balaban J connectivity index is 1.56. The third-order valence-corrected chi connectivity index (χ3v) is 6.89. The molecule has 3 aromatic rings. The molecule has 1 fully saturated rings. The summed E-state index contributed by atoms with van der Waals surface area (Å²) < 4.78 is 0.885. The molecule has 0 aliphatic carbocycles. The zero-order valence-electron chi connectivity index (χ0n) is 14.4. The Morgan fingerprint density at radius 1 is 1.00 bits per heavy atom. The number of hydrogen-bond donors (Lipinski definition) is 1. The maximum atomic E-state index is 12.7. The summed E-state index contributed by atoms with van der Waals surface area (Å²) >= 11 is 20.2. The van der Waals surface area contributed by atoms with Gasteiger partial charge >= 0.3 is 0 Å². The van der Waals surface area contributed by atoms with E-state index in [0.717, 1.165) is 28.9 Å². The molecule has 1 amide bonds. The van der Waals surface area contributed by atoms with E-state index in [4.69, 9.17) is 34.8 Å². The lowest BCUT2D eigenvalue weighted by atomic mass is 10.1. The largest absolute Gasteiger partial charge is 0.370 e. The summed E-state index contributed by atoms with van der Waals surface area (Å²) in [6.07, 6.45) is 3.63. The first-order chi connectivity index (χ1) is 13.0. The highest BCUT2D eigenvalue weighted by Gasteiger charge is 2.19. The molecule has 0 unspecified atom stereocenters. The number of rotatable bonds is 3. The van der Waals surface area contributed by atoms with E-state index >= 15 is 0 Å². The number of nitrogens with zero attached hydrogens (tertiary/aromatic N) is 1. The van der Waals surface area contributed by atoms with Crippen LogP contribution >= 0.6 is 46.1 Å². The minimum absolute atomic E-state index is 0.251. The molecule has 27 heavy (non-hydrogen) atoms. The van der Waals surface area contributed by atoms with Crippen LogP contribution in [-0.4, -0.2) is 19.0 Å². The molecule has 1 saturated heterocycles. The van der Waals surface area contributed by atoms with Gasteiger partial charge in [-0.15, -0.1) is 11.3 Å². The van der Waals surface area contributed by atoms with Gasteiger partial charge in [-0.3, -0.25) is 4.79 Å². The minimum Gasteiger partial charge on any atom is -0.370 e. The average Bonchev–Trinajstić information content (AvgIpc) is 2.98. The van der Waals surface area contributed by atoms with Crippen LogP contribution in [0.3, 0.4) is 0 Å². The third-order valence-electron chi connectivity index (χ3n) is 4.70. The van der Waals surface area contributed by atoms with Crippen molar-refractivity contribution in [2.45, 2.75) is 19.3 Å². The molecule has 2 aromatic carbocycles. The predicted molar refractivity (Wildman–Crippen MR) is 117 cm³/mol. The molecular weight excluding hydrogens is 423 g/mol. The molecule has 0 atom stereocenters. The van der Waals surface area contributed by atoms with Crippen molar-refractivity contribution in [1.29, 1.82) is 0 Å². The number of halogens is 3. The second kappa shape index (κ2) is 7.88. The molecule has 0 spiro atoms. The summed E-state index contributed by atoms with van der Waals surface area (Å²) in [5, 5.41) is 5.43. The third kappa shape index (κ3) is 3.90. The van der Waals surface area contributed by atoms with Gasteiger partial charge in [-0.05, 0) is 49.6 Å². The Morgan fingerprint density at radius 3 is 2.52 bits per heavy atom. The number of carbonyl (C=O) groups is 1. The molecule has 1 N–H and O–H groups in total. The van der Waals surface area contributed by atoms with Crippen molar-refractivity contribution < 1.29 is 4.79 Å². The summed E-state index contributed by atoms with van der Waals surface area (Å²) in [5.74, 6) is -0.251. The molecule has 0 radical (unpaired) electrons. The van der Waals surface area contributed by atoms with E-state index in [0.29, 0.717) is 25.6 Å². The molecule has 3 nitrogen and oxygen atoms in total. The van der Waals surface area contributed by atoms with Crippen molar-refractivity contribution in [1.82, 2.24) is 0 Å². The lowest BCUT2D eigenvalue weighted by Crippen LogP contribution is -2.29. The van der Waals surface area contributed by atoms with Gasteiger partial charge in [0, 0.05) is 33.9 Å². The van der Waals surface area contributed by atoms with Crippen LogP contribution in [0, 0.1) is 0 Å². The maximum absolute atomic E-state index is 12.7. The molecule has 4 rings (SSSR count). The van der Waals surface area contributed by atoms with E-state index in [1.165, 1.54) is 30.6 Å². The number of thiophene rings is 1. The van der Waals surface area contributed by atoms with Crippen molar-refractivity contribution in [2.24, 2.45) is 0 Å². The van der Waals surface area contributed by atoms with Crippen LogP contribution in [-0.2, 0) is 0 Å². The van der Waals surface area contributed by atoms with Gasteiger partial charge in [0.1, 0.15) is 4.88 Å². The zero-order valence-corrected chi connectivity index (χ0v) is 17.5. The monoisotopic (exact) mass is 438 g/mol. The fourth-order valence-electron chi connectivity index (χ4n) is 3.35. The summed E-state index contributed by atoms with van der Waals surface area (Å²) in [6, 6.07) is 11.1. The van der Waals surface area contributed by atoms with E-state index in [1.807, 2.05) is 24.3 Å². The Labute approximate surface area is 176 Å². The highest BCUT2D eigenvalue weighted by atomic mass is 35.5. The molecule has 1 aliphatic rings. The molecule has 0 bridgehead atoms. The molecule has 1 aromatic heterocycles. The highest BCUT2D eigenvalue weighted by molar-refractivity contribution is 7.21. The number of piperidine rings is 1. The van der Waals surface area contributed by atoms with Gasteiger partial charge in [-0.2, -0.15) is 0 Å². The first-order valence-electron chi connectivity index (χ1n) is 8.76. The first-order valence-corrected chi connectivity index (χ1v) is 10.7. The molecule has 7 heteroatoms. The fraction of sp³-hybridized carbons (Fsp3) is 0.250. The lowest BCUT2D eigenvalue weighted by Gasteiger charge is -2.29. The van der Waals surface area contributed by atoms with Gasteiger partial charge in [0.15, 0.2) is 0 Å². The number of nitrogens with one attached hydrogen (secondary N) is 1. The van der Waals surface area contributed by atoms with E-state index < -0.39 is 0 Å². The van der Waals surface area contributed by atoms with Gasteiger partial charge in [-0.25, -0.2) is 0 Å². The number of hydrogen-bond acceptors (Lipinski definition) is 3. The van der Waals surface area contributed by atoms with E-state index in [1.54, 1.807) is 12.1 Å². The number of anilines is 2. The van der Waals surface area contributed by atoms with Gasteiger partial charge in [-0.1, -0.05) is 40.9 Å². The lowest BCUT2D eigenvalue weighted by molar-refractivity contribution is 0.103. The molecule has 2 heterocycles. The Morgan fingerprint density at radius 2 is 1.78 bits per heavy atom. The van der Waals surface area contributed by atoms with Gasteiger partial charge in [0.25, 0.3) is 5.91 Å². The van der Waals surface area contributed by atoms with Crippen LogP contribution in [0.25, 0.3) is 10.1 Å². The van der Waals surface area contributed by atoms with Crippen LogP contribution in [0.2, 0.25) is 15.1 Å². The summed E-state index contributed by atoms with van der Waals surface area (Å²) in [5.41, 5.74) is 1.67. The van der Waals surface area contributed by atoms with Gasteiger partial charge in [0.2, 0.25) is 0 Å². The highest BCUT2D eigenvalue weighted by Crippen LogP contribution is 2.37. The van der Waals surface area contributed by atoms with Crippen molar-refractivity contribution in [3.8, 4) is 0 Å². The van der Waals surface area contributed by atoms with Crippen LogP contribution in [0.1, 0.15) is 28.9 Å². The second-order valence-corrected chi connectivity index (χ2v) is 8.83. The summed E-state index contributed by atoms with van der Waals surface area (Å²) in [6.45, 7) is 2.04. The smallest absolute Gasteiger partial charge is 0.267 e. The van der Waals surface area contributed by atoms with Crippen molar-refractivity contribution in [2.75, 3.05) is 23.3 Å². The van der Waals surface area contributed by atoms with E-state index in [2.05, 4.69) is 10.2 Å². The quantitative estimate of drug-likeness (QED) is 0.472. The minimum atomic E-state index is -0.251. The van der Waals surface area contributed by atoms with Crippen LogP contribution in [0.4, 0.5) is 11.4 Å². The number of benzene rings is 2. The topological polar surface area (TPSA) is 32.3 Å². The number of fused-ring (bicyclic) bond motifs is 1. The maximum Gasteiger partial charge on any atom is 0.267 e. The van der Waals surface area contributed by atoms with Gasteiger partial charge in [0.05, 0.1) is 15.7 Å². The second-order valence-electron chi connectivity index (χ2n) is 6.55. The zero-order chi connectivity index (χ0) is 19.0. The van der Waals surface area contributed by atoms with Crippen molar-refractivity contribution in [3.05, 3.63) is 56.3 Å². The van der Waals surface area contributed by atoms with Gasteiger partial charge < -0.3 is 10.2 Å². The SMILES string of the molecule is O=C(Nc1ccc(N2CCCCC2)c(Cl)c1)c1sc2cc(Cl)ccc2c1Cl. The molecule has 140 valence electrons. The molecule has 1 aliphatic heterocycles. The molecule has 0 saturated carbocycles. The van der Waals surface area contributed by atoms with Crippen molar-refractivity contribution >= 4 is 73.5 Å². The predicted octanol–water partition coefficient (Wildman–Crippen LogP) is 7.10. The van der Waals surface area contributed by atoms with Crippen LogP contribution < -0.4 is 10.2 Å². The summed E-state index contributed by atoms with van der Waals surface area (Å²) in [4.78, 5) is 15.5.